The van der Waals surface area contributed by atoms with Crippen LogP contribution in [0.15, 0.2) is 71.8 Å². The molecule has 0 amide bonds. The first-order chi connectivity index (χ1) is 17.7. The van der Waals surface area contributed by atoms with Gasteiger partial charge in [-0.05, 0) is 66.6 Å². The predicted molar refractivity (Wildman–Crippen MR) is 141 cm³/mol. The van der Waals surface area contributed by atoms with E-state index in [4.69, 9.17) is 24.0 Å². The molecule has 3 aromatic rings. The highest BCUT2D eigenvalue weighted by Gasteiger charge is 2.42. The molecule has 0 N–H and O–H groups in total. The van der Waals surface area contributed by atoms with E-state index >= 15 is 0 Å². The lowest BCUT2D eigenvalue weighted by molar-refractivity contribution is -0.0209. The number of unbranched alkanes of at least 4 members (excludes halogenated alkanes) is 3. The zero-order valence-corrected chi connectivity index (χ0v) is 21.3. The number of methoxy groups -OCH3 is 2. The van der Waals surface area contributed by atoms with Crippen molar-refractivity contribution in [3.63, 3.8) is 0 Å². The Bertz CT molecular complexity index is 1190. The topological polar surface area (TPSA) is 52.5 Å². The predicted octanol–water partition coefficient (Wildman–Crippen LogP) is 6.91. The summed E-state index contributed by atoms with van der Waals surface area (Å²) in [6.45, 7) is 2.96. The number of nitrogens with zero attached hydrogens (tertiary/aromatic N) is 2. The molecule has 0 aliphatic carbocycles. The van der Waals surface area contributed by atoms with Gasteiger partial charge in [0.25, 0.3) is 0 Å². The second-order valence-electron chi connectivity index (χ2n) is 9.20. The Morgan fingerprint density at radius 2 is 1.67 bits per heavy atom. The summed E-state index contributed by atoms with van der Waals surface area (Å²) in [5.41, 5.74) is 4.22. The number of benzene rings is 3. The standard InChI is InChI=1S/C30H34N2O4/c1-4-5-6-7-19-35-24-17-13-22(14-18-24)30-32-27(25-9-8-10-28(34-3)29(25)36-30)20-26(31-32)21-11-15-23(33-2)16-12-21/h8-18,27,30H,4-7,19-20H2,1-3H3/t27-,30+/m0/s1. The maximum atomic E-state index is 6.57. The molecular formula is C30H34N2O4. The molecule has 0 fully saturated rings. The number of hydrogen-bond donors (Lipinski definition) is 0. The Kier molecular flexibility index (Phi) is 7.31. The van der Waals surface area contributed by atoms with Crippen LogP contribution in [-0.4, -0.2) is 31.5 Å². The molecule has 0 spiro atoms. The molecule has 0 bridgehead atoms. The third kappa shape index (κ3) is 4.85. The first-order valence-electron chi connectivity index (χ1n) is 12.8. The zero-order chi connectivity index (χ0) is 24.9. The molecule has 3 aromatic carbocycles. The Morgan fingerprint density at radius 1 is 0.889 bits per heavy atom. The highest BCUT2D eigenvalue weighted by Crippen LogP contribution is 2.50. The number of hydrazone groups is 1. The van der Waals surface area contributed by atoms with Gasteiger partial charge in [-0.3, -0.25) is 0 Å². The number of fused-ring (bicyclic) bond motifs is 3. The molecule has 36 heavy (non-hydrogen) atoms. The van der Waals surface area contributed by atoms with Gasteiger partial charge in [0.2, 0.25) is 6.23 Å². The third-order valence-corrected chi connectivity index (χ3v) is 6.86. The lowest BCUT2D eigenvalue weighted by atomic mass is 9.95. The lowest BCUT2D eigenvalue weighted by Crippen LogP contribution is -2.33. The van der Waals surface area contributed by atoms with E-state index < -0.39 is 0 Å². The highest BCUT2D eigenvalue weighted by molar-refractivity contribution is 6.02. The Labute approximate surface area is 213 Å². The van der Waals surface area contributed by atoms with Crippen molar-refractivity contribution in [2.75, 3.05) is 20.8 Å². The summed E-state index contributed by atoms with van der Waals surface area (Å²) < 4.78 is 23.5. The molecule has 2 atom stereocenters. The van der Waals surface area contributed by atoms with Crippen LogP contribution in [0.25, 0.3) is 0 Å². The molecule has 0 radical (unpaired) electrons. The van der Waals surface area contributed by atoms with Gasteiger partial charge in [0.15, 0.2) is 11.5 Å². The number of rotatable bonds is 10. The van der Waals surface area contributed by atoms with Gasteiger partial charge >= 0.3 is 0 Å². The number of hydrogen-bond acceptors (Lipinski definition) is 6. The molecule has 2 aliphatic rings. The van der Waals surface area contributed by atoms with E-state index in [0.717, 1.165) is 64.8 Å². The first kappa shape index (κ1) is 24.0. The van der Waals surface area contributed by atoms with Crippen molar-refractivity contribution in [1.82, 2.24) is 5.01 Å². The fourth-order valence-electron chi connectivity index (χ4n) is 4.87. The van der Waals surface area contributed by atoms with Crippen LogP contribution in [0.4, 0.5) is 0 Å². The summed E-state index contributed by atoms with van der Waals surface area (Å²) in [7, 11) is 3.36. The van der Waals surface area contributed by atoms with Crippen LogP contribution in [0.3, 0.4) is 0 Å². The summed E-state index contributed by atoms with van der Waals surface area (Å²) >= 11 is 0. The van der Waals surface area contributed by atoms with Crippen LogP contribution in [0.5, 0.6) is 23.0 Å². The smallest absolute Gasteiger partial charge is 0.214 e. The monoisotopic (exact) mass is 486 g/mol. The van der Waals surface area contributed by atoms with Gasteiger partial charge in [-0.1, -0.05) is 38.3 Å². The van der Waals surface area contributed by atoms with Gasteiger partial charge in [-0.25, -0.2) is 5.01 Å². The van der Waals surface area contributed by atoms with Crippen LogP contribution in [-0.2, 0) is 0 Å². The molecular weight excluding hydrogens is 452 g/mol. The van der Waals surface area contributed by atoms with Crippen molar-refractivity contribution in [2.24, 2.45) is 5.10 Å². The van der Waals surface area contributed by atoms with Gasteiger partial charge in [0.05, 0.1) is 32.6 Å². The molecule has 6 nitrogen and oxygen atoms in total. The fourth-order valence-corrected chi connectivity index (χ4v) is 4.87. The second kappa shape index (κ2) is 10.9. The van der Waals surface area contributed by atoms with E-state index in [1.54, 1.807) is 14.2 Å². The van der Waals surface area contributed by atoms with Crippen molar-refractivity contribution in [3.05, 3.63) is 83.4 Å². The van der Waals surface area contributed by atoms with E-state index in [1.165, 1.54) is 19.3 Å². The molecule has 0 saturated carbocycles. The number of ether oxygens (including phenoxy) is 4. The van der Waals surface area contributed by atoms with Crippen LogP contribution >= 0.6 is 0 Å². The Morgan fingerprint density at radius 3 is 2.39 bits per heavy atom. The minimum absolute atomic E-state index is 0.0560. The van der Waals surface area contributed by atoms with Crippen LogP contribution < -0.4 is 18.9 Å². The average Bonchev–Trinajstić information content (AvgIpc) is 3.38. The van der Waals surface area contributed by atoms with Gasteiger partial charge in [-0.2, -0.15) is 5.10 Å². The molecule has 2 heterocycles. The summed E-state index contributed by atoms with van der Waals surface area (Å²) in [6, 6.07) is 22.4. The van der Waals surface area contributed by atoms with E-state index in [9.17, 15) is 0 Å². The van der Waals surface area contributed by atoms with Crippen LogP contribution in [0.2, 0.25) is 0 Å². The zero-order valence-electron chi connectivity index (χ0n) is 21.3. The maximum Gasteiger partial charge on any atom is 0.214 e. The number of para-hydroxylation sites is 1. The molecule has 188 valence electrons. The Hall–Kier alpha value is -3.67. The van der Waals surface area contributed by atoms with Crippen LogP contribution in [0.1, 0.15) is 68.0 Å². The largest absolute Gasteiger partial charge is 0.497 e. The van der Waals surface area contributed by atoms with Crippen molar-refractivity contribution in [1.29, 1.82) is 0 Å². The molecule has 0 unspecified atom stereocenters. The third-order valence-electron chi connectivity index (χ3n) is 6.86. The SMILES string of the molecule is CCCCCCOc1ccc([C@H]2Oc3c(OC)cccc3[C@@H]3CC(c4ccc(OC)cc4)=NN23)cc1. The average molecular weight is 487 g/mol. The van der Waals surface area contributed by atoms with Gasteiger partial charge in [0, 0.05) is 17.5 Å². The van der Waals surface area contributed by atoms with Crippen molar-refractivity contribution >= 4 is 5.71 Å². The maximum absolute atomic E-state index is 6.57. The van der Waals surface area contributed by atoms with E-state index in [-0.39, 0.29) is 12.3 Å². The molecule has 5 rings (SSSR count). The fraction of sp³-hybridized carbons (Fsp3) is 0.367. The molecule has 2 aliphatic heterocycles. The quantitative estimate of drug-likeness (QED) is 0.292. The summed E-state index contributed by atoms with van der Waals surface area (Å²) in [5, 5.41) is 7.15. The molecule has 0 saturated heterocycles. The normalized spacial score (nSPS) is 18.1. The summed E-state index contributed by atoms with van der Waals surface area (Å²) in [5.74, 6) is 3.24. The van der Waals surface area contributed by atoms with Crippen molar-refractivity contribution in [3.8, 4) is 23.0 Å². The molecule has 0 aromatic heterocycles. The highest BCUT2D eigenvalue weighted by atomic mass is 16.5. The summed E-state index contributed by atoms with van der Waals surface area (Å²) in [6.07, 6.45) is 5.18. The first-order valence-corrected chi connectivity index (χ1v) is 12.8. The Balaban J connectivity index is 1.42. The van der Waals surface area contributed by atoms with Gasteiger partial charge in [-0.15, -0.1) is 0 Å². The van der Waals surface area contributed by atoms with E-state index in [0.29, 0.717) is 0 Å². The molecule has 6 heteroatoms. The minimum Gasteiger partial charge on any atom is -0.497 e. The van der Waals surface area contributed by atoms with Crippen molar-refractivity contribution in [2.45, 2.75) is 51.3 Å². The lowest BCUT2D eigenvalue weighted by Gasteiger charge is -2.38. The van der Waals surface area contributed by atoms with Gasteiger partial charge < -0.3 is 18.9 Å². The second-order valence-corrected chi connectivity index (χ2v) is 9.20. The van der Waals surface area contributed by atoms with Gasteiger partial charge in [0.1, 0.15) is 11.5 Å². The minimum atomic E-state index is -0.367. The van der Waals surface area contributed by atoms with E-state index in [2.05, 4.69) is 42.3 Å². The van der Waals surface area contributed by atoms with Crippen LogP contribution in [0, 0.1) is 0 Å². The van der Waals surface area contributed by atoms with Crippen molar-refractivity contribution < 1.29 is 18.9 Å². The van der Waals surface area contributed by atoms with E-state index in [1.807, 2.05) is 36.4 Å². The summed E-state index contributed by atoms with van der Waals surface area (Å²) in [4.78, 5) is 0.